The molecule has 0 amide bonds. The second kappa shape index (κ2) is 12.5. The molecule has 0 rings (SSSR count). The maximum Gasteiger partial charge on any atom is 0.500 e. The Morgan fingerprint density at radius 2 is 1.71 bits per heavy atom. The number of quaternary nitrogens is 1. The Kier molecular flexibility index (Phi) is 12.5. The van der Waals surface area contributed by atoms with Gasteiger partial charge < -0.3 is 37.8 Å². The van der Waals surface area contributed by atoms with Gasteiger partial charge in [0.2, 0.25) is 0 Å². The number of hydrogen-bond acceptors (Lipinski definition) is 9. The van der Waals surface area contributed by atoms with Crippen LogP contribution in [0.4, 0.5) is 0 Å². The smallest absolute Gasteiger partial charge is 0.500 e. The van der Waals surface area contributed by atoms with Crippen LogP contribution in [0.2, 0.25) is 6.04 Å². The normalized spacial score (nSPS) is 13.9. The van der Waals surface area contributed by atoms with Crippen LogP contribution in [0.25, 0.3) is 0 Å². The average molecular weight is 447 g/mol. The lowest BCUT2D eigenvalue weighted by atomic mass is 10.0. The highest BCUT2D eigenvalue weighted by atomic mass is 32.2. The van der Waals surface area contributed by atoms with Crippen LogP contribution in [-0.4, -0.2) is 116 Å². The Bertz CT molecular complexity index is 525. The summed E-state index contributed by atoms with van der Waals surface area (Å²) >= 11 is 0. The Labute approximate surface area is 170 Å². The summed E-state index contributed by atoms with van der Waals surface area (Å²) in [6.07, 6.45) is 1.90. The second-order valence-electron chi connectivity index (χ2n) is 7.65. The summed E-state index contributed by atoms with van der Waals surface area (Å²) in [5.41, 5.74) is -1.31. The molecule has 3 N–H and O–H groups in total. The third-order valence-corrected chi connectivity index (χ3v) is 8.22. The fourth-order valence-corrected chi connectivity index (χ4v) is 5.31. The zero-order valence-corrected chi connectivity index (χ0v) is 19.6. The molecule has 0 aliphatic heterocycles. The maximum absolute atomic E-state index is 10.8. The van der Waals surface area contributed by atoms with E-state index in [-0.39, 0.29) is 13.2 Å². The van der Waals surface area contributed by atoms with E-state index < -0.39 is 43.4 Å². The van der Waals surface area contributed by atoms with Crippen LogP contribution < -0.4 is 5.32 Å². The van der Waals surface area contributed by atoms with Gasteiger partial charge in [-0.05, 0) is 6.42 Å². The van der Waals surface area contributed by atoms with E-state index >= 15 is 0 Å². The number of aliphatic hydroxyl groups is 2. The summed E-state index contributed by atoms with van der Waals surface area (Å²) in [7, 11) is -0.132. The van der Waals surface area contributed by atoms with Crippen molar-refractivity contribution in [3.63, 3.8) is 0 Å². The second-order valence-corrected chi connectivity index (χ2v) is 12.1. The standard InChI is InChI=1S/C16H38N2O8SSi/c1-6-9-18(2,3)10-7-12-28(24-4,25-5)26-15-16(13-19,14-20)17-8-11-27(21,22)23/h17,19-20H,6-15H2,1-5H3. The predicted octanol–water partition coefficient (Wildman–Crippen LogP) is -1.03. The molecule has 0 aromatic carbocycles. The molecule has 0 aliphatic rings. The minimum atomic E-state index is -4.41. The van der Waals surface area contributed by atoms with Crippen LogP contribution >= 0.6 is 0 Å². The monoisotopic (exact) mass is 446 g/mol. The molecular formula is C16H38N2O8SSi. The van der Waals surface area contributed by atoms with Gasteiger partial charge in [0.05, 0.1) is 68.4 Å². The molecule has 0 bridgehead atoms. The number of aliphatic hydroxyl groups excluding tert-OH is 2. The molecule has 28 heavy (non-hydrogen) atoms. The number of rotatable bonds is 17. The SMILES string of the molecule is CCC[N+](C)(C)CCC[Si](OC)(OC)OCC(CO)(CO)NCCS(=O)(=O)[O-]. The van der Waals surface area contributed by atoms with Gasteiger partial charge in [-0.3, -0.25) is 0 Å². The summed E-state index contributed by atoms with van der Waals surface area (Å²) in [6.45, 7) is 2.72. The molecule has 0 aliphatic carbocycles. The van der Waals surface area contributed by atoms with Crippen molar-refractivity contribution in [2.24, 2.45) is 0 Å². The van der Waals surface area contributed by atoms with Crippen molar-refractivity contribution in [2.45, 2.75) is 31.3 Å². The average Bonchev–Trinajstić information content (AvgIpc) is 2.62. The predicted molar refractivity (Wildman–Crippen MR) is 107 cm³/mol. The molecule has 0 fully saturated rings. The van der Waals surface area contributed by atoms with Gasteiger partial charge in [-0.2, -0.15) is 0 Å². The maximum atomic E-state index is 10.8. The lowest BCUT2D eigenvalue weighted by Gasteiger charge is -2.36. The zero-order valence-electron chi connectivity index (χ0n) is 17.8. The van der Waals surface area contributed by atoms with Gasteiger partial charge in [0.25, 0.3) is 0 Å². The Morgan fingerprint density at radius 3 is 2.14 bits per heavy atom. The van der Waals surface area contributed by atoms with Crippen molar-refractivity contribution in [1.29, 1.82) is 0 Å². The van der Waals surface area contributed by atoms with E-state index in [2.05, 4.69) is 26.3 Å². The first-order chi connectivity index (χ1) is 12.9. The van der Waals surface area contributed by atoms with Crippen molar-refractivity contribution in [1.82, 2.24) is 5.32 Å². The summed E-state index contributed by atoms with van der Waals surface area (Å²) < 4.78 is 50.2. The molecule has 0 atom stereocenters. The third-order valence-electron chi connectivity index (χ3n) is 4.72. The first-order valence-corrected chi connectivity index (χ1v) is 12.9. The van der Waals surface area contributed by atoms with Gasteiger partial charge >= 0.3 is 8.80 Å². The van der Waals surface area contributed by atoms with Gasteiger partial charge in [0.15, 0.2) is 0 Å². The molecule has 0 radical (unpaired) electrons. The molecule has 0 heterocycles. The minimum Gasteiger partial charge on any atom is -0.748 e. The van der Waals surface area contributed by atoms with E-state index in [4.69, 9.17) is 13.3 Å². The lowest BCUT2D eigenvalue weighted by molar-refractivity contribution is -0.890. The molecular weight excluding hydrogens is 408 g/mol. The van der Waals surface area contributed by atoms with Gasteiger partial charge in [-0.15, -0.1) is 0 Å². The van der Waals surface area contributed by atoms with Crippen LogP contribution in [0.1, 0.15) is 19.8 Å². The fourth-order valence-electron chi connectivity index (χ4n) is 2.91. The van der Waals surface area contributed by atoms with Crippen molar-refractivity contribution in [3.8, 4) is 0 Å². The highest BCUT2D eigenvalue weighted by Crippen LogP contribution is 2.20. The van der Waals surface area contributed by atoms with E-state index in [1.54, 1.807) is 0 Å². The lowest BCUT2D eigenvalue weighted by Crippen LogP contribution is -2.59. The molecule has 12 heteroatoms. The molecule has 0 aromatic heterocycles. The van der Waals surface area contributed by atoms with Gasteiger partial charge in [0, 0.05) is 33.2 Å². The molecule has 10 nitrogen and oxygen atoms in total. The van der Waals surface area contributed by atoms with E-state index in [9.17, 15) is 23.2 Å². The Morgan fingerprint density at radius 1 is 1.14 bits per heavy atom. The number of nitrogens with one attached hydrogen (secondary N) is 1. The van der Waals surface area contributed by atoms with Gasteiger partial charge in [-0.25, -0.2) is 8.42 Å². The summed E-state index contributed by atoms with van der Waals surface area (Å²) in [6, 6.07) is 0.563. The van der Waals surface area contributed by atoms with Crippen molar-refractivity contribution >= 4 is 18.9 Å². The summed E-state index contributed by atoms with van der Waals surface area (Å²) in [4.78, 5) is 0. The summed E-state index contributed by atoms with van der Waals surface area (Å²) in [5, 5.41) is 22.1. The van der Waals surface area contributed by atoms with Gasteiger partial charge in [0.1, 0.15) is 0 Å². The van der Waals surface area contributed by atoms with E-state index in [0.717, 1.165) is 30.4 Å². The molecule has 0 spiro atoms. The highest BCUT2D eigenvalue weighted by molar-refractivity contribution is 7.85. The fraction of sp³-hybridized carbons (Fsp3) is 1.00. The van der Waals surface area contributed by atoms with E-state index in [0.29, 0.717) is 6.04 Å². The van der Waals surface area contributed by atoms with Crippen LogP contribution in [0.3, 0.4) is 0 Å². The Balaban J connectivity index is 4.92. The number of nitrogens with zero attached hydrogens (tertiary/aromatic N) is 1. The molecule has 0 aromatic rings. The van der Waals surface area contributed by atoms with Crippen molar-refractivity contribution in [3.05, 3.63) is 0 Å². The third kappa shape index (κ3) is 10.6. The van der Waals surface area contributed by atoms with E-state index in [1.807, 2.05) is 0 Å². The van der Waals surface area contributed by atoms with Crippen LogP contribution in [0, 0.1) is 0 Å². The van der Waals surface area contributed by atoms with Crippen LogP contribution in [0.5, 0.6) is 0 Å². The Hall–Kier alpha value is -0.153. The topological polar surface area (TPSA) is 137 Å². The summed E-state index contributed by atoms with van der Waals surface area (Å²) in [5.74, 6) is -0.656. The van der Waals surface area contributed by atoms with Crippen LogP contribution in [-0.2, 0) is 23.4 Å². The quantitative estimate of drug-likeness (QED) is 0.145. The van der Waals surface area contributed by atoms with Crippen molar-refractivity contribution < 1.29 is 40.9 Å². The van der Waals surface area contributed by atoms with Crippen LogP contribution in [0.15, 0.2) is 0 Å². The zero-order chi connectivity index (χ0) is 21.9. The number of hydrogen-bond donors (Lipinski definition) is 3. The van der Waals surface area contributed by atoms with E-state index in [1.165, 1.54) is 14.2 Å². The first-order valence-electron chi connectivity index (χ1n) is 9.39. The molecule has 0 unspecified atom stereocenters. The largest absolute Gasteiger partial charge is 0.748 e. The molecule has 0 saturated heterocycles. The van der Waals surface area contributed by atoms with Crippen molar-refractivity contribution in [2.75, 3.05) is 73.5 Å². The molecule has 0 saturated carbocycles. The van der Waals surface area contributed by atoms with Gasteiger partial charge in [-0.1, -0.05) is 6.92 Å². The minimum absolute atomic E-state index is 0.153. The molecule has 170 valence electrons. The highest BCUT2D eigenvalue weighted by Gasteiger charge is 2.42. The first kappa shape index (κ1) is 27.8.